The Bertz CT molecular complexity index is 685. The summed E-state index contributed by atoms with van der Waals surface area (Å²) in [5, 5.41) is 9.23. The Morgan fingerprint density at radius 3 is 2.86 bits per heavy atom. The third-order valence-electron chi connectivity index (χ3n) is 2.45. The van der Waals surface area contributed by atoms with Crippen LogP contribution in [0.15, 0.2) is 28.7 Å². The molecule has 2 rings (SSSR count). The van der Waals surface area contributed by atoms with Crippen molar-refractivity contribution in [3.05, 3.63) is 34.7 Å². The van der Waals surface area contributed by atoms with E-state index in [0.717, 1.165) is 11.1 Å². The second-order valence-electron chi connectivity index (χ2n) is 5.47. The summed E-state index contributed by atoms with van der Waals surface area (Å²) in [4.78, 5) is 11.8. The fraction of sp³-hybridized carbons (Fsp3) is 0.357. The van der Waals surface area contributed by atoms with Crippen molar-refractivity contribution in [1.82, 2.24) is 15.5 Å². The number of carbonyl (C=O) groups is 1. The van der Waals surface area contributed by atoms with Crippen molar-refractivity contribution in [3.63, 3.8) is 0 Å². The van der Waals surface area contributed by atoms with Gasteiger partial charge in [-0.05, 0) is 50.7 Å². The summed E-state index contributed by atoms with van der Waals surface area (Å²) >= 11 is 4.84. The predicted octanol–water partition coefficient (Wildman–Crippen LogP) is 3.42. The summed E-state index contributed by atoms with van der Waals surface area (Å²) in [6.07, 6.45) is -0.454. The minimum absolute atomic E-state index is 0.224. The van der Waals surface area contributed by atoms with Crippen molar-refractivity contribution in [2.24, 2.45) is 0 Å². The number of amides is 1. The van der Waals surface area contributed by atoms with Crippen LogP contribution < -0.4 is 5.32 Å². The van der Waals surface area contributed by atoms with Crippen LogP contribution in [0.3, 0.4) is 0 Å². The van der Waals surface area contributed by atoms with Crippen molar-refractivity contribution < 1.29 is 13.9 Å². The zero-order valence-corrected chi connectivity index (χ0v) is 12.9. The fourth-order valence-corrected chi connectivity index (χ4v) is 1.78. The molecule has 0 aliphatic heterocycles. The molecule has 1 aromatic carbocycles. The Kier molecular flexibility index (Phi) is 4.42. The zero-order valence-electron chi connectivity index (χ0n) is 12.1. The van der Waals surface area contributed by atoms with Gasteiger partial charge in [0.25, 0.3) is 4.84 Å². The molecule has 1 heterocycles. The molecule has 21 heavy (non-hydrogen) atoms. The third kappa shape index (κ3) is 4.71. The first-order chi connectivity index (χ1) is 9.83. The van der Waals surface area contributed by atoms with Gasteiger partial charge < -0.3 is 14.5 Å². The largest absolute Gasteiger partial charge is 0.444 e. The number of aromatic amines is 1. The van der Waals surface area contributed by atoms with E-state index in [2.05, 4.69) is 15.5 Å². The molecule has 0 spiro atoms. The predicted molar refractivity (Wildman–Crippen MR) is 80.2 cm³/mol. The molecule has 0 fully saturated rings. The highest BCUT2D eigenvalue weighted by Crippen LogP contribution is 2.18. The van der Waals surface area contributed by atoms with Crippen LogP contribution in [0.4, 0.5) is 4.79 Å². The molecule has 0 saturated carbocycles. The van der Waals surface area contributed by atoms with Gasteiger partial charge in [-0.2, -0.15) is 0 Å². The number of nitrogens with zero attached hydrogens (tertiary/aromatic N) is 1. The summed E-state index contributed by atoms with van der Waals surface area (Å²) in [6, 6.07) is 7.47. The van der Waals surface area contributed by atoms with Gasteiger partial charge >= 0.3 is 6.09 Å². The van der Waals surface area contributed by atoms with Crippen LogP contribution in [-0.2, 0) is 11.3 Å². The number of rotatable bonds is 3. The quantitative estimate of drug-likeness (QED) is 0.849. The summed E-state index contributed by atoms with van der Waals surface area (Å²) in [6.45, 7) is 5.81. The van der Waals surface area contributed by atoms with Gasteiger partial charge in [-0.25, -0.2) is 9.89 Å². The van der Waals surface area contributed by atoms with Gasteiger partial charge in [0.1, 0.15) is 5.60 Å². The maximum Gasteiger partial charge on any atom is 0.407 e. The Balaban J connectivity index is 2.02. The molecule has 0 saturated heterocycles. The highest BCUT2D eigenvalue weighted by atomic mass is 32.1. The second kappa shape index (κ2) is 6.09. The number of nitrogens with one attached hydrogen (secondary N) is 2. The molecule has 0 radical (unpaired) electrons. The van der Waals surface area contributed by atoms with E-state index >= 15 is 0 Å². The number of ether oxygens (including phenoxy) is 1. The van der Waals surface area contributed by atoms with Crippen molar-refractivity contribution in [3.8, 4) is 11.5 Å². The lowest BCUT2D eigenvalue weighted by Gasteiger charge is -2.19. The lowest BCUT2D eigenvalue weighted by atomic mass is 10.1. The fourth-order valence-electron chi connectivity index (χ4n) is 1.66. The van der Waals surface area contributed by atoms with Crippen molar-refractivity contribution in [2.45, 2.75) is 32.9 Å². The molecule has 2 N–H and O–H groups in total. The van der Waals surface area contributed by atoms with E-state index in [1.807, 2.05) is 45.0 Å². The molecule has 1 aromatic heterocycles. The van der Waals surface area contributed by atoms with Crippen LogP contribution in [0, 0.1) is 4.84 Å². The topological polar surface area (TPSA) is 80.1 Å². The van der Waals surface area contributed by atoms with E-state index in [1.54, 1.807) is 0 Å². The maximum absolute atomic E-state index is 11.6. The van der Waals surface area contributed by atoms with Crippen LogP contribution in [0.25, 0.3) is 11.5 Å². The average Bonchev–Trinajstić information content (AvgIpc) is 2.82. The van der Waals surface area contributed by atoms with E-state index in [4.69, 9.17) is 21.4 Å². The van der Waals surface area contributed by atoms with Crippen LogP contribution in [0.1, 0.15) is 26.3 Å². The molecular weight excluding hydrogens is 290 g/mol. The first-order valence-electron chi connectivity index (χ1n) is 6.45. The number of hydrogen-bond donors (Lipinski definition) is 2. The number of alkyl carbamates (subject to hydrolysis) is 1. The Morgan fingerprint density at radius 2 is 2.24 bits per heavy atom. The number of aromatic nitrogens is 2. The molecule has 112 valence electrons. The molecule has 1 amide bonds. The lowest BCUT2D eigenvalue weighted by Crippen LogP contribution is -2.32. The van der Waals surface area contributed by atoms with E-state index in [-0.39, 0.29) is 4.84 Å². The lowest BCUT2D eigenvalue weighted by molar-refractivity contribution is 0.0523. The number of benzene rings is 1. The molecular formula is C14H17N3O3S. The molecule has 0 aliphatic carbocycles. The summed E-state index contributed by atoms with van der Waals surface area (Å²) in [5.41, 5.74) is 1.17. The van der Waals surface area contributed by atoms with Gasteiger partial charge in [0.15, 0.2) is 0 Å². The van der Waals surface area contributed by atoms with Crippen molar-refractivity contribution in [2.75, 3.05) is 0 Å². The smallest absolute Gasteiger partial charge is 0.407 e. The molecule has 2 aromatic rings. The summed E-state index contributed by atoms with van der Waals surface area (Å²) in [5.74, 6) is 0.416. The second-order valence-corrected chi connectivity index (χ2v) is 5.84. The first kappa shape index (κ1) is 15.2. The standard InChI is InChI=1S/C14H17N3O3S/c1-14(2,3)20-12(18)15-8-9-5-4-6-10(7-9)11-16-17-13(21)19-11/h4-7H,8H2,1-3H3,(H,15,18)(H,17,21). The van der Waals surface area contributed by atoms with Gasteiger partial charge in [-0.15, -0.1) is 5.10 Å². The Morgan fingerprint density at radius 1 is 1.48 bits per heavy atom. The zero-order chi connectivity index (χ0) is 15.5. The highest BCUT2D eigenvalue weighted by molar-refractivity contribution is 7.71. The molecule has 0 aliphatic rings. The molecule has 0 atom stereocenters. The highest BCUT2D eigenvalue weighted by Gasteiger charge is 2.15. The van der Waals surface area contributed by atoms with E-state index in [9.17, 15) is 4.79 Å². The Labute approximate surface area is 127 Å². The van der Waals surface area contributed by atoms with Crippen molar-refractivity contribution in [1.29, 1.82) is 0 Å². The Hall–Kier alpha value is -2.15. The van der Waals surface area contributed by atoms with E-state index in [1.165, 1.54) is 0 Å². The van der Waals surface area contributed by atoms with Gasteiger partial charge in [-0.1, -0.05) is 12.1 Å². The monoisotopic (exact) mass is 307 g/mol. The molecule has 6 nitrogen and oxygen atoms in total. The molecule has 0 bridgehead atoms. The van der Waals surface area contributed by atoms with Crippen LogP contribution in [0.2, 0.25) is 0 Å². The average molecular weight is 307 g/mol. The minimum atomic E-state index is -0.514. The number of carbonyl (C=O) groups excluding carboxylic acids is 1. The third-order valence-corrected chi connectivity index (χ3v) is 2.62. The van der Waals surface area contributed by atoms with E-state index < -0.39 is 11.7 Å². The van der Waals surface area contributed by atoms with Gasteiger partial charge in [0.2, 0.25) is 5.89 Å². The van der Waals surface area contributed by atoms with Crippen molar-refractivity contribution >= 4 is 18.3 Å². The SMILES string of the molecule is CC(C)(C)OC(=O)NCc1cccc(-c2n[nH]c(=S)o2)c1. The summed E-state index contributed by atoms with van der Waals surface area (Å²) in [7, 11) is 0. The minimum Gasteiger partial charge on any atom is -0.444 e. The maximum atomic E-state index is 11.6. The van der Waals surface area contributed by atoms with Crippen LogP contribution in [-0.4, -0.2) is 21.9 Å². The number of H-pyrrole nitrogens is 1. The van der Waals surface area contributed by atoms with Gasteiger partial charge in [0.05, 0.1) is 0 Å². The summed E-state index contributed by atoms with van der Waals surface area (Å²) < 4.78 is 10.4. The molecule has 7 heteroatoms. The van der Waals surface area contributed by atoms with Crippen LogP contribution >= 0.6 is 12.2 Å². The van der Waals surface area contributed by atoms with Gasteiger partial charge in [-0.3, -0.25) is 0 Å². The van der Waals surface area contributed by atoms with E-state index in [0.29, 0.717) is 12.4 Å². The van der Waals surface area contributed by atoms with Gasteiger partial charge in [0, 0.05) is 12.1 Å². The first-order valence-corrected chi connectivity index (χ1v) is 6.86. The number of hydrogen-bond acceptors (Lipinski definition) is 5. The van der Waals surface area contributed by atoms with Crippen LogP contribution in [0.5, 0.6) is 0 Å². The molecule has 0 unspecified atom stereocenters. The normalized spacial score (nSPS) is 11.2.